The quantitative estimate of drug-likeness (QED) is 0.227. The summed E-state index contributed by atoms with van der Waals surface area (Å²) in [5.74, 6) is 2.55. The Morgan fingerprint density at radius 2 is 1.61 bits per heavy atom. The summed E-state index contributed by atoms with van der Waals surface area (Å²) in [6.07, 6.45) is 1.70. The van der Waals surface area contributed by atoms with Crippen molar-refractivity contribution < 1.29 is 9.47 Å². The lowest BCUT2D eigenvalue weighted by molar-refractivity contribution is 0.211. The van der Waals surface area contributed by atoms with Crippen molar-refractivity contribution >= 4 is 34.2 Å². The zero-order valence-corrected chi connectivity index (χ0v) is 20.7. The molecule has 0 aliphatic rings. The van der Waals surface area contributed by atoms with Gasteiger partial charge in [0.05, 0.1) is 17.6 Å². The maximum Gasteiger partial charge on any atom is 0.153 e. The lowest BCUT2D eigenvalue weighted by atomic mass is 10.1. The Balaban J connectivity index is 1.42. The number of fused-ring (bicyclic) bond motifs is 1. The lowest BCUT2D eigenvalue weighted by Crippen LogP contribution is -2.12. The minimum atomic E-state index is -0.199. The first kappa shape index (κ1) is 23.5. The fourth-order valence-electron chi connectivity index (χ4n) is 3.96. The molecule has 6 heteroatoms. The third kappa shape index (κ3) is 5.63. The first-order valence-electron chi connectivity index (χ1n) is 11.2. The van der Waals surface area contributed by atoms with Crippen LogP contribution in [-0.4, -0.2) is 16.2 Å². The van der Waals surface area contributed by atoms with Crippen LogP contribution < -0.4 is 9.47 Å². The van der Waals surface area contributed by atoms with Gasteiger partial charge in [-0.2, -0.15) is 0 Å². The van der Waals surface area contributed by atoms with E-state index in [0.29, 0.717) is 11.6 Å². The smallest absolute Gasteiger partial charge is 0.153 e. The number of benzene rings is 3. The van der Waals surface area contributed by atoms with E-state index in [9.17, 15) is 0 Å². The highest BCUT2D eigenvalue weighted by Gasteiger charge is 2.18. The molecule has 4 nitrogen and oxygen atoms in total. The second kappa shape index (κ2) is 10.5. The summed E-state index contributed by atoms with van der Waals surface area (Å²) in [5.41, 5.74) is 4.16. The normalized spacial score (nSPS) is 12.2. The van der Waals surface area contributed by atoms with Crippen LogP contribution in [0.25, 0.3) is 11.0 Å². The van der Waals surface area contributed by atoms with Crippen molar-refractivity contribution in [2.24, 2.45) is 0 Å². The Bertz CT molecular complexity index is 1210. The largest absolute Gasteiger partial charge is 0.494 e. The number of nitrogens with zero attached hydrogens (tertiary/aromatic N) is 2. The molecule has 0 radical (unpaired) electrons. The van der Waals surface area contributed by atoms with Crippen LogP contribution in [0, 0.1) is 13.8 Å². The summed E-state index contributed by atoms with van der Waals surface area (Å²) in [6.45, 7) is 7.52. The van der Waals surface area contributed by atoms with Gasteiger partial charge in [-0.25, -0.2) is 4.98 Å². The van der Waals surface area contributed by atoms with E-state index in [2.05, 4.69) is 10.6 Å². The summed E-state index contributed by atoms with van der Waals surface area (Å²) in [6, 6.07) is 19.6. The summed E-state index contributed by atoms with van der Waals surface area (Å²) < 4.78 is 14.4. The molecule has 0 fully saturated rings. The van der Waals surface area contributed by atoms with Crippen molar-refractivity contribution in [1.29, 1.82) is 0 Å². The first-order chi connectivity index (χ1) is 15.9. The summed E-state index contributed by atoms with van der Waals surface area (Å²) in [7, 11) is 0. The molecule has 172 valence electrons. The van der Waals surface area contributed by atoms with Crippen LogP contribution in [0.1, 0.15) is 42.8 Å². The van der Waals surface area contributed by atoms with E-state index in [-0.39, 0.29) is 6.10 Å². The van der Waals surface area contributed by atoms with E-state index >= 15 is 0 Å². The van der Waals surface area contributed by atoms with Gasteiger partial charge in [-0.1, -0.05) is 35.3 Å². The molecule has 0 bridgehead atoms. The Morgan fingerprint density at radius 3 is 2.33 bits per heavy atom. The molecular weight excluding hydrogens is 455 g/mol. The van der Waals surface area contributed by atoms with Crippen LogP contribution in [0.3, 0.4) is 0 Å². The van der Waals surface area contributed by atoms with E-state index < -0.39 is 0 Å². The molecule has 1 heterocycles. The molecule has 0 saturated heterocycles. The van der Waals surface area contributed by atoms with Crippen molar-refractivity contribution in [1.82, 2.24) is 9.55 Å². The average molecular weight is 483 g/mol. The number of hydrogen-bond acceptors (Lipinski definition) is 3. The molecule has 33 heavy (non-hydrogen) atoms. The van der Waals surface area contributed by atoms with E-state index in [4.69, 9.17) is 37.7 Å². The molecule has 3 aromatic carbocycles. The number of hydrogen-bond donors (Lipinski definition) is 0. The maximum absolute atomic E-state index is 6.26. The standard InChI is InChI=1S/C27H28Cl2N2O2/c1-18-16-23(17-19(2)26(18)29)32-15-7-6-14-31-25-9-5-4-8-24(25)30-27(31)20(3)33-22-12-10-21(28)11-13-22/h4-5,8-13,16-17,20H,6-7,14-15H2,1-3H3. The van der Waals surface area contributed by atoms with Crippen LogP contribution in [0.5, 0.6) is 11.5 Å². The topological polar surface area (TPSA) is 36.3 Å². The summed E-state index contributed by atoms with van der Waals surface area (Å²) in [5, 5.41) is 1.49. The van der Waals surface area contributed by atoms with Crippen molar-refractivity contribution in [2.75, 3.05) is 6.61 Å². The highest BCUT2D eigenvalue weighted by atomic mass is 35.5. The monoisotopic (exact) mass is 482 g/mol. The van der Waals surface area contributed by atoms with Gasteiger partial charge in [0.25, 0.3) is 0 Å². The van der Waals surface area contributed by atoms with Crippen LogP contribution in [0.4, 0.5) is 0 Å². The molecule has 1 atom stereocenters. The predicted octanol–water partition coefficient (Wildman–Crippen LogP) is 7.96. The molecule has 0 spiro atoms. The molecule has 0 amide bonds. The van der Waals surface area contributed by atoms with Crippen molar-refractivity contribution in [3.63, 3.8) is 0 Å². The third-order valence-corrected chi connectivity index (χ3v) is 6.48. The predicted molar refractivity (Wildman–Crippen MR) is 136 cm³/mol. The number of aromatic nitrogens is 2. The fraction of sp³-hybridized carbons (Fsp3) is 0.296. The zero-order valence-electron chi connectivity index (χ0n) is 19.1. The molecular formula is C27H28Cl2N2O2. The van der Waals surface area contributed by atoms with Gasteiger partial charge in [0.1, 0.15) is 11.5 Å². The number of imidazole rings is 1. The van der Waals surface area contributed by atoms with Gasteiger partial charge < -0.3 is 14.0 Å². The number of aryl methyl sites for hydroxylation is 3. The second-order valence-electron chi connectivity index (χ2n) is 8.25. The second-order valence-corrected chi connectivity index (χ2v) is 9.07. The van der Waals surface area contributed by atoms with Crippen LogP contribution in [0.2, 0.25) is 10.0 Å². The van der Waals surface area contributed by atoms with Gasteiger partial charge in [0.15, 0.2) is 11.9 Å². The molecule has 1 unspecified atom stereocenters. The minimum Gasteiger partial charge on any atom is -0.494 e. The van der Waals surface area contributed by atoms with E-state index in [1.807, 2.05) is 75.4 Å². The minimum absolute atomic E-state index is 0.199. The maximum atomic E-state index is 6.26. The molecule has 4 aromatic rings. The Labute approximate surface area is 205 Å². The van der Waals surface area contributed by atoms with Gasteiger partial charge in [-0.05, 0) is 93.3 Å². The molecule has 1 aromatic heterocycles. The zero-order chi connectivity index (χ0) is 23.4. The molecule has 0 aliphatic heterocycles. The van der Waals surface area contributed by atoms with Gasteiger partial charge in [-0.15, -0.1) is 0 Å². The first-order valence-corrected chi connectivity index (χ1v) is 11.9. The SMILES string of the molecule is Cc1cc(OCCCCn2c(C(C)Oc3ccc(Cl)cc3)nc3ccccc32)cc(C)c1Cl. The van der Waals surface area contributed by atoms with Crippen molar-refractivity contribution in [3.8, 4) is 11.5 Å². The Hall–Kier alpha value is -2.69. The van der Waals surface area contributed by atoms with Crippen LogP contribution >= 0.6 is 23.2 Å². The number of unbranched alkanes of at least 4 members (excludes halogenated alkanes) is 1. The number of rotatable bonds is 9. The summed E-state index contributed by atoms with van der Waals surface area (Å²) in [4.78, 5) is 4.87. The van der Waals surface area contributed by atoms with E-state index in [1.165, 1.54) is 0 Å². The van der Waals surface area contributed by atoms with Crippen LogP contribution in [-0.2, 0) is 6.54 Å². The van der Waals surface area contributed by atoms with Crippen molar-refractivity contribution in [2.45, 2.75) is 46.3 Å². The van der Waals surface area contributed by atoms with E-state index in [0.717, 1.165) is 63.9 Å². The molecule has 0 N–H and O–H groups in total. The Morgan fingerprint density at radius 1 is 0.909 bits per heavy atom. The molecule has 0 saturated carbocycles. The number of para-hydroxylation sites is 2. The average Bonchev–Trinajstić information content (AvgIpc) is 3.17. The number of ether oxygens (including phenoxy) is 2. The van der Waals surface area contributed by atoms with Gasteiger partial charge >= 0.3 is 0 Å². The highest BCUT2D eigenvalue weighted by molar-refractivity contribution is 6.32. The number of halogens is 2. The summed E-state index contributed by atoms with van der Waals surface area (Å²) >= 11 is 12.3. The molecule has 0 aliphatic carbocycles. The van der Waals surface area contributed by atoms with Gasteiger partial charge in [0.2, 0.25) is 0 Å². The fourth-order valence-corrected chi connectivity index (χ4v) is 4.20. The Kier molecular flexibility index (Phi) is 7.46. The third-order valence-electron chi connectivity index (χ3n) is 5.63. The van der Waals surface area contributed by atoms with E-state index in [1.54, 1.807) is 0 Å². The van der Waals surface area contributed by atoms with Gasteiger partial charge in [-0.3, -0.25) is 0 Å². The van der Waals surface area contributed by atoms with Crippen LogP contribution in [0.15, 0.2) is 60.7 Å². The van der Waals surface area contributed by atoms with Crippen molar-refractivity contribution in [3.05, 3.63) is 87.7 Å². The van der Waals surface area contributed by atoms with Gasteiger partial charge in [0, 0.05) is 16.6 Å². The molecule has 4 rings (SSSR count). The highest BCUT2D eigenvalue weighted by Crippen LogP contribution is 2.28. The lowest BCUT2D eigenvalue weighted by Gasteiger charge is -2.17.